The molecule has 1 saturated heterocycles. The summed E-state index contributed by atoms with van der Waals surface area (Å²) in [5.41, 5.74) is 3.71. The van der Waals surface area contributed by atoms with E-state index in [0.717, 1.165) is 26.0 Å². The SMILES string of the molecule is CC(=O)OC[C@H]1O[C@H](C(=Nc2c(C)cccc2C)[Te]c2ccc(C)cc2)[C@H](OC(C)=O)[C@@H](OC(C)=O)[C@@H]1OC(C)=O. The fourth-order valence-corrected chi connectivity index (χ4v) is 7.12. The molecule has 3 rings (SSSR count). The minimum atomic E-state index is -1.26. The van der Waals surface area contributed by atoms with E-state index in [1.807, 2.05) is 63.2 Å². The molecule has 0 aromatic heterocycles. The van der Waals surface area contributed by atoms with Gasteiger partial charge in [0.15, 0.2) is 0 Å². The number of hydrogen-bond acceptors (Lipinski definition) is 10. The van der Waals surface area contributed by atoms with Gasteiger partial charge in [-0.1, -0.05) is 0 Å². The molecule has 0 N–H and O–H groups in total. The Kier molecular flexibility index (Phi) is 11.5. The summed E-state index contributed by atoms with van der Waals surface area (Å²) in [4.78, 5) is 53.6. The number of nitrogens with zero attached hydrogens (tertiary/aromatic N) is 1. The van der Waals surface area contributed by atoms with E-state index in [2.05, 4.69) is 0 Å². The molecule has 1 aliphatic heterocycles. The topological polar surface area (TPSA) is 127 Å². The third kappa shape index (κ3) is 9.12. The third-order valence-electron chi connectivity index (χ3n) is 6.14. The number of para-hydroxylation sites is 1. The van der Waals surface area contributed by atoms with Crippen molar-refractivity contribution >= 4 is 57.9 Å². The number of rotatable bonds is 9. The van der Waals surface area contributed by atoms with Crippen molar-refractivity contribution in [3.8, 4) is 0 Å². The van der Waals surface area contributed by atoms with Crippen LogP contribution in [-0.2, 0) is 42.9 Å². The van der Waals surface area contributed by atoms with Gasteiger partial charge in [0, 0.05) is 0 Å². The second-order valence-electron chi connectivity index (χ2n) is 9.73. The van der Waals surface area contributed by atoms with Crippen LogP contribution < -0.4 is 3.61 Å². The molecule has 220 valence electrons. The van der Waals surface area contributed by atoms with Gasteiger partial charge in [0.2, 0.25) is 0 Å². The zero-order valence-electron chi connectivity index (χ0n) is 24.2. The summed E-state index contributed by atoms with van der Waals surface area (Å²) in [6.45, 7) is 10.5. The zero-order chi connectivity index (χ0) is 30.3. The molecule has 1 fully saturated rings. The van der Waals surface area contributed by atoms with Gasteiger partial charge in [-0.2, -0.15) is 0 Å². The molecule has 41 heavy (non-hydrogen) atoms. The molecule has 0 amide bonds. The second-order valence-corrected chi connectivity index (χ2v) is 12.8. The second kappa shape index (κ2) is 14.6. The maximum absolute atomic E-state index is 12.4. The van der Waals surface area contributed by atoms with E-state index in [-0.39, 0.29) is 6.61 Å². The summed E-state index contributed by atoms with van der Waals surface area (Å²) in [7, 11) is 0. The molecular formula is C30H35NO9Te. The summed E-state index contributed by atoms with van der Waals surface area (Å²) >= 11 is -1.26. The summed E-state index contributed by atoms with van der Waals surface area (Å²) < 4.78 is 30.3. The summed E-state index contributed by atoms with van der Waals surface area (Å²) in [5.74, 6) is -2.58. The Hall–Kier alpha value is -3.26. The normalized spacial score (nSPS) is 22.4. The Morgan fingerprint density at radius 2 is 1.29 bits per heavy atom. The molecule has 0 radical (unpaired) electrons. The molecule has 0 spiro atoms. The standard InChI is InChI=1S/C30H35NO9Te/c1-16-11-13-23(14-12-16)41-30(31-25-17(2)9-8-10-18(25)3)29-28(39-22(7)35)27(38-21(6)34)26(37-20(5)33)24(40-29)15-36-19(4)32/h8-14,24,26-29H,15H2,1-7H3/t24-,26-,27+,28-,29+/m1/s1. The molecule has 1 heterocycles. The van der Waals surface area contributed by atoms with Crippen molar-refractivity contribution in [3.63, 3.8) is 0 Å². The summed E-state index contributed by atoms with van der Waals surface area (Å²) in [6.07, 6.45) is -5.73. The predicted molar refractivity (Wildman–Crippen MR) is 152 cm³/mol. The first-order valence-electron chi connectivity index (χ1n) is 13.1. The van der Waals surface area contributed by atoms with Gasteiger partial charge in [-0.05, 0) is 0 Å². The first-order valence-corrected chi connectivity index (χ1v) is 15.4. The van der Waals surface area contributed by atoms with Crippen molar-refractivity contribution in [1.29, 1.82) is 0 Å². The van der Waals surface area contributed by atoms with Gasteiger partial charge in [0.1, 0.15) is 0 Å². The Labute approximate surface area is 249 Å². The molecule has 0 unspecified atom stereocenters. The van der Waals surface area contributed by atoms with Crippen LogP contribution in [0.25, 0.3) is 0 Å². The molecule has 0 saturated carbocycles. The number of benzene rings is 2. The van der Waals surface area contributed by atoms with Crippen LogP contribution >= 0.6 is 0 Å². The molecule has 11 heteroatoms. The van der Waals surface area contributed by atoms with E-state index in [1.54, 1.807) is 0 Å². The number of aryl methyl sites for hydroxylation is 3. The van der Waals surface area contributed by atoms with Gasteiger partial charge in [-0.15, -0.1) is 0 Å². The summed E-state index contributed by atoms with van der Waals surface area (Å²) in [6, 6.07) is 13.9. The van der Waals surface area contributed by atoms with E-state index < -0.39 is 75.3 Å². The average Bonchev–Trinajstić information content (AvgIpc) is 2.87. The molecule has 0 bridgehead atoms. The molecule has 2 aromatic rings. The molecular weight excluding hydrogens is 646 g/mol. The van der Waals surface area contributed by atoms with E-state index in [4.69, 9.17) is 28.7 Å². The van der Waals surface area contributed by atoms with Gasteiger partial charge < -0.3 is 0 Å². The quantitative estimate of drug-likeness (QED) is 0.170. The van der Waals surface area contributed by atoms with Crippen LogP contribution in [0, 0.1) is 20.8 Å². The maximum atomic E-state index is 12.4. The Balaban J connectivity index is 2.23. The van der Waals surface area contributed by atoms with E-state index in [9.17, 15) is 19.2 Å². The fourth-order valence-electron chi connectivity index (χ4n) is 4.39. The Morgan fingerprint density at radius 3 is 1.83 bits per heavy atom. The van der Waals surface area contributed by atoms with E-state index in [0.29, 0.717) is 3.76 Å². The first-order chi connectivity index (χ1) is 19.3. The number of carbonyl (C=O) groups is 4. The molecule has 2 aromatic carbocycles. The van der Waals surface area contributed by atoms with Crippen molar-refractivity contribution in [2.75, 3.05) is 6.61 Å². The van der Waals surface area contributed by atoms with Crippen molar-refractivity contribution in [3.05, 3.63) is 59.2 Å². The Bertz CT molecular complexity index is 1290. The van der Waals surface area contributed by atoms with Crippen LogP contribution in [0.3, 0.4) is 0 Å². The molecule has 1 aliphatic rings. The van der Waals surface area contributed by atoms with E-state index in [1.165, 1.54) is 27.7 Å². The zero-order valence-corrected chi connectivity index (χ0v) is 26.5. The molecule has 0 aliphatic carbocycles. The van der Waals surface area contributed by atoms with Crippen LogP contribution in [0.1, 0.15) is 44.4 Å². The predicted octanol–water partition coefficient (Wildman–Crippen LogP) is 2.80. The minimum absolute atomic E-state index is 0.296. The monoisotopic (exact) mass is 683 g/mol. The number of esters is 4. The Morgan fingerprint density at radius 1 is 0.756 bits per heavy atom. The first kappa shape index (κ1) is 32.3. The number of aliphatic imine (C=N–C) groups is 1. The van der Waals surface area contributed by atoms with E-state index >= 15 is 0 Å². The van der Waals surface area contributed by atoms with Gasteiger partial charge in [0.05, 0.1) is 0 Å². The van der Waals surface area contributed by atoms with Crippen LogP contribution in [-0.4, -0.2) is 85.7 Å². The molecule has 5 atom stereocenters. The van der Waals surface area contributed by atoms with Gasteiger partial charge in [0.25, 0.3) is 0 Å². The van der Waals surface area contributed by atoms with Crippen LogP contribution in [0.15, 0.2) is 47.5 Å². The van der Waals surface area contributed by atoms with Crippen molar-refractivity contribution in [1.82, 2.24) is 0 Å². The number of hydrogen-bond donors (Lipinski definition) is 0. The van der Waals surface area contributed by atoms with Gasteiger partial charge in [-0.3, -0.25) is 0 Å². The fraction of sp³-hybridized carbons (Fsp3) is 0.433. The number of ether oxygens (including phenoxy) is 5. The van der Waals surface area contributed by atoms with Gasteiger partial charge >= 0.3 is 250 Å². The van der Waals surface area contributed by atoms with Crippen LogP contribution in [0.4, 0.5) is 5.69 Å². The van der Waals surface area contributed by atoms with Crippen LogP contribution in [0.5, 0.6) is 0 Å². The van der Waals surface area contributed by atoms with Crippen molar-refractivity contribution < 1.29 is 42.9 Å². The third-order valence-corrected chi connectivity index (χ3v) is 9.11. The van der Waals surface area contributed by atoms with Crippen molar-refractivity contribution in [2.45, 2.75) is 79.0 Å². The summed E-state index contributed by atoms with van der Waals surface area (Å²) in [5, 5.41) is 0. The number of carbonyl (C=O) groups excluding carboxylic acids is 4. The van der Waals surface area contributed by atoms with Gasteiger partial charge in [-0.25, -0.2) is 0 Å². The average molecular weight is 681 g/mol. The van der Waals surface area contributed by atoms with Crippen molar-refractivity contribution in [2.24, 2.45) is 4.99 Å². The van der Waals surface area contributed by atoms with Crippen LogP contribution in [0.2, 0.25) is 0 Å². The molecule has 10 nitrogen and oxygen atoms in total.